The molecule has 1 heterocycles. The molecule has 0 aliphatic heterocycles. The molecule has 20 heavy (non-hydrogen) atoms. The second-order valence-corrected chi connectivity index (χ2v) is 5.39. The summed E-state index contributed by atoms with van der Waals surface area (Å²) in [6.45, 7) is 6.11. The molecular weight excluding hydrogens is 277 g/mol. The first kappa shape index (κ1) is 14.7. The van der Waals surface area contributed by atoms with E-state index in [1.165, 1.54) is 12.1 Å². The fourth-order valence-electron chi connectivity index (χ4n) is 2.28. The summed E-state index contributed by atoms with van der Waals surface area (Å²) in [5, 5.41) is 3.41. The van der Waals surface area contributed by atoms with Gasteiger partial charge in [-0.2, -0.15) is 0 Å². The minimum atomic E-state index is -0.396. The molecule has 3 nitrogen and oxygen atoms in total. The van der Waals surface area contributed by atoms with E-state index in [1.807, 2.05) is 14.0 Å². The number of rotatable bonds is 3. The van der Waals surface area contributed by atoms with Crippen molar-refractivity contribution in [2.24, 2.45) is 0 Å². The van der Waals surface area contributed by atoms with Crippen molar-refractivity contribution in [1.29, 1.82) is 0 Å². The van der Waals surface area contributed by atoms with Crippen LogP contribution >= 0.6 is 11.6 Å². The molecule has 0 saturated heterocycles. The van der Waals surface area contributed by atoms with Crippen LogP contribution in [0.4, 0.5) is 10.2 Å². The van der Waals surface area contributed by atoms with Crippen LogP contribution in [0.15, 0.2) is 18.2 Å². The summed E-state index contributed by atoms with van der Waals surface area (Å²) in [6, 6.07) is 4.31. The monoisotopic (exact) mass is 293 g/mol. The minimum Gasteiger partial charge on any atom is -0.373 e. The molecule has 2 aromatic rings. The summed E-state index contributed by atoms with van der Waals surface area (Å²) < 4.78 is 13.4. The quantitative estimate of drug-likeness (QED) is 0.911. The fraction of sp³-hybridized carbons (Fsp3) is 0.333. The highest BCUT2D eigenvalue weighted by Crippen LogP contribution is 2.29. The Hall–Kier alpha value is -1.68. The van der Waals surface area contributed by atoms with Gasteiger partial charge in [0, 0.05) is 28.9 Å². The number of aryl methyl sites for hydroxylation is 1. The maximum atomic E-state index is 13.4. The van der Waals surface area contributed by atoms with Gasteiger partial charge in [-0.3, -0.25) is 0 Å². The number of aromatic nitrogens is 2. The molecule has 0 bridgehead atoms. The lowest BCUT2D eigenvalue weighted by atomic mass is 10.0. The molecule has 1 N–H and O–H groups in total. The molecule has 1 aromatic heterocycles. The predicted molar refractivity (Wildman–Crippen MR) is 80.8 cm³/mol. The van der Waals surface area contributed by atoms with Crippen LogP contribution in [0.1, 0.15) is 31.0 Å². The van der Waals surface area contributed by atoms with E-state index in [1.54, 1.807) is 6.07 Å². The van der Waals surface area contributed by atoms with Gasteiger partial charge in [0.25, 0.3) is 0 Å². The molecule has 5 heteroatoms. The lowest BCUT2D eigenvalue weighted by molar-refractivity contribution is 0.628. The predicted octanol–water partition coefficient (Wildman–Crippen LogP) is 4.41. The fourth-order valence-corrected chi connectivity index (χ4v) is 2.50. The van der Waals surface area contributed by atoms with Crippen molar-refractivity contribution in [1.82, 2.24) is 9.97 Å². The van der Waals surface area contributed by atoms with Crippen molar-refractivity contribution in [3.05, 3.63) is 40.3 Å². The topological polar surface area (TPSA) is 37.8 Å². The second-order valence-electron chi connectivity index (χ2n) is 4.96. The van der Waals surface area contributed by atoms with Gasteiger partial charge in [0.2, 0.25) is 0 Å². The molecule has 0 atom stereocenters. The third-order valence-electron chi connectivity index (χ3n) is 3.07. The van der Waals surface area contributed by atoms with Gasteiger partial charge in [-0.15, -0.1) is 0 Å². The Balaban J connectivity index is 2.61. The summed E-state index contributed by atoms with van der Waals surface area (Å²) in [5.41, 5.74) is 2.53. The van der Waals surface area contributed by atoms with Crippen molar-refractivity contribution < 1.29 is 4.39 Å². The number of anilines is 1. The number of halogens is 2. The molecule has 0 amide bonds. The molecule has 0 saturated carbocycles. The van der Waals surface area contributed by atoms with Gasteiger partial charge < -0.3 is 5.32 Å². The van der Waals surface area contributed by atoms with Crippen molar-refractivity contribution >= 4 is 17.4 Å². The molecule has 0 aliphatic rings. The minimum absolute atomic E-state index is 0.308. The summed E-state index contributed by atoms with van der Waals surface area (Å²) in [7, 11) is 1.82. The number of nitrogens with zero attached hydrogens (tertiary/aromatic N) is 2. The van der Waals surface area contributed by atoms with Gasteiger partial charge in [0.1, 0.15) is 11.6 Å². The van der Waals surface area contributed by atoms with Crippen LogP contribution in [0.3, 0.4) is 0 Å². The van der Waals surface area contributed by atoms with Crippen LogP contribution in [0.2, 0.25) is 5.02 Å². The molecule has 0 spiro atoms. The highest BCUT2D eigenvalue weighted by molar-refractivity contribution is 6.30. The van der Waals surface area contributed by atoms with E-state index >= 15 is 0 Å². The number of hydrogen-bond acceptors (Lipinski definition) is 3. The van der Waals surface area contributed by atoms with Gasteiger partial charge in [-0.25, -0.2) is 14.4 Å². The normalized spacial score (nSPS) is 10.9. The van der Waals surface area contributed by atoms with E-state index in [2.05, 4.69) is 29.1 Å². The molecule has 0 fully saturated rings. The van der Waals surface area contributed by atoms with Crippen LogP contribution < -0.4 is 5.32 Å². The third kappa shape index (κ3) is 2.90. The van der Waals surface area contributed by atoms with Crippen LogP contribution in [0.5, 0.6) is 0 Å². The van der Waals surface area contributed by atoms with E-state index in [-0.39, 0.29) is 0 Å². The maximum absolute atomic E-state index is 13.4. The Bertz CT molecular complexity index is 621. The molecule has 0 radical (unpaired) electrons. The lowest BCUT2D eigenvalue weighted by Gasteiger charge is -2.15. The lowest BCUT2D eigenvalue weighted by Crippen LogP contribution is -2.07. The second kappa shape index (κ2) is 5.75. The molecule has 2 rings (SSSR count). The first-order valence-corrected chi connectivity index (χ1v) is 6.83. The SMILES string of the molecule is CNc1nc(-c2cc(F)cc(Cl)c2)nc(C)c1C(C)C. The van der Waals surface area contributed by atoms with Gasteiger partial charge in [-0.05, 0) is 31.0 Å². The van der Waals surface area contributed by atoms with Crippen LogP contribution in [-0.4, -0.2) is 17.0 Å². The molecule has 1 aromatic carbocycles. The van der Waals surface area contributed by atoms with E-state index in [9.17, 15) is 4.39 Å². The Kier molecular flexibility index (Phi) is 4.23. The Morgan fingerprint density at radius 3 is 2.45 bits per heavy atom. The number of benzene rings is 1. The molecular formula is C15H17ClFN3. The van der Waals surface area contributed by atoms with E-state index in [0.29, 0.717) is 22.3 Å². The van der Waals surface area contributed by atoms with E-state index in [0.717, 1.165) is 17.1 Å². The summed E-state index contributed by atoms with van der Waals surface area (Å²) in [6.07, 6.45) is 0. The largest absolute Gasteiger partial charge is 0.373 e. The molecule has 106 valence electrons. The van der Waals surface area contributed by atoms with Gasteiger partial charge in [0.05, 0.1) is 0 Å². The van der Waals surface area contributed by atoms with Crippen molar-refractivity contribution in [2.75, 3.05) is 12.4 Å². The highest BCUT2D eigenvalue weighted by atomic mass is 35.5. The maximum Gasteiger partial charge on any atom is 0.161 e. The number of nitrogens with one attached hydrogen (secondary N) is 1. The summed E-state index contributed by atoms with van der Waals surface area (Å²) >= 11 is 5.88. The first-order valence-electron chi connectivity index (χ1n) is 6.45. The van der Waals surface area contributed by atoms with Gasteiger partial charge in [-0.1, -0.05) is 25.4 Å². The smallest absolute Gasteiger partial charge is 0.161 e. The standard InChI is InChI=1S/C15H17ClFN3/c1-8(2)13-9(3)19-14(20-15(13)18-4)10-5-11(16)7-12(17)6-10/h5-8H,1-4H3,(H,18,19,20). The van der Waals surface area contributed by atoms with E-state index < -0.39 is 5.82 Å². The highest BCUT2D eigenvalue weighted by Gasteiger charge is 2.15. The Labute approximate surface area is 123 Å². The van der Waals surface area contributed by atoms with Gasteiger partial charge >= 0.3 is 0 Å². The number of hydrogen-bond donors (Lipinski definition) is 1. The van der Waals surface area contributed by atoms with Crippen LogP contribution in [0, 0.1) is 12.7 Å². The van der Waals surface area contributed by atoms with Crippen LogP contribution in [-0.2, 0) is 0 Å². The third-order valence-corrected chi connectivity index (χ3v) is 3.29. The van der Waals surface area contributed by atoms with Crippen molar-refractivity contribution in [3.63, 3.8) is 0 Å². The average molecular weight is 294 g/mol. The molecule has 0 aliphatic carbocycles. The van der Waals surface area contributed by atoms with E-state index in [4.69, 9.17) is 11.6 Å². The van der Waals surface area contributed by atoms with Crippen molar-refractivity contribution in [3.8, 4) is 11.4 Å². The molecule has 0 unspecified atom stereocenters. The Morgan fingerprint density at radius 1 is 1.20 bits per heavy atom. The Morgan fingerprint density at radius 2 is 1.90 bits per heavy atom. The van der Waals surface area contributed by atoms with Gasteiger partial charge in [0.15, 0.2) is 5.82 Å². The first-order chi connectivity index (χ1) is 9.42. The zero-order chi connectivity index (χ0) is 14.9. The summed E-state index contributed by atoms with van der Waals surface area (Å²) in [5.74, 6) is 1.15. The van der Waals surface area contributed by atoms with Crippen molar-refractivity contribution in [2.45, 2.75) is 26.7 Å². The zero-order valence-electron chi connectivity index (χ0n) is 12.0. The summed E-state index contributed by atoms with van der Waals surface area (Å²) in [4.78, 5) is 8.96. The van der Waals surface area contributed by atoms with Crippen LogP contribution in [0.25, 0.3) is 11.4 Å². The average Bonchev–Trinajstić information content (AvgIpc) is 2.35. The zero-order valence-corrected chi connectivity index (χ0v) is 12.7.